The van der Waals surface area contributed by atoms with Crippen LogP contribution < -0.4 is 10.1 Å². The Labute approximate surface area is 156 Å². The number of ether oxygens (including phenoxy) is 1. The molecule has 0 spiro atoms. The summed E-state index contributed by atoms with van der Waals surface area (Å²) < 4.78 is 6.93. The maximum Gasteiger partial charge on any atom is 0.257 e. The Kier molecular flexibility index (Phi) is 7.09. The van der Waals surface area contributed by atoms with Gasteiger partial charge in [-0.25, -0.2) is 0 Å². The van der Waals surface area contributed by atoms with Gasteiger partial charge in [-0.3, -0.25) is 4.79 Å². The largest absolute Gasteiger partial charge is 0.488 e. The van der Waals surface area contributed by atoms with Gasteiger partial charge in [0.25, 0.3) is 5.91 Å². The molecule has 1 aliphatic heterocycles. The lowest BCUT2D eigenvalue weighted by atomic mass is 10.1. The molecule has 0 aromatic heterocycles. The molecule has 0 atom stereocenters. The normalized spacial score (nSPS) is 14.0. The van der Waals surface area contributed by atoms with Crippen molar-refractivity contribution < 1.29 is 9.53 Å². The van der Waals surface area contributed by atoms with Gasteiger partial charge in [-0.15, -0.1) is 12.4 Å². The molecule has 2 aromatic carbocycles. The summed E-state index contributed by atoms with van der Waals surface area (Å²) >= 11 is 3.52. The first-order chi connectivity index (χ1) is 11.3. The number of carbonyl (C=O) groups is 1. The van der Waals surface area contributed by atoms with Crippen molar-refractivity contribution in [3.8, 4) is 5.75 Å². The fourth-order valence-corrected chi connectivity index (χ4v) is 2.98. The molecule has 0 radical (unpaired) electrons. The first-order valence-corrected chi connectivity index (χ1v) is 8.50. The molecule has 0 saturated carbocycles. The minimum Gasteiger partial charge on any atom is -0.488 e. The summed E-state index contributed by atoms with van der Waals surface area (Å²) in [6.07, 6.45) is 0. The molecule has 0 unspecified atom stereocenters. The van der Waals surface area contributed by atoms with E-state index in [9.17, 15) is 4.79 Å². The Morgan fingerprint density at radius 3 is 2.50 bits per heavy atom. The van der Waals surface area contributed by atoms with E-state index in [1.54, 1.807) is 0 Å². The number of carbonyl (C=O) groups excluding carboxylic acids is 1. The highest BCUT2D eigenvalue weighted by Crippen LogP contribution is 2.23. The Morgan fingerprint density at radius 2 is 1.75 bits per heavy atom. The van der Waals surface area contributed by atoms with Crippen molar-refractivity contribution >= 4 is 34.2 Å². The lowest BCUT2D eigenvalue weighted by molar-refractivity contribution is 0.0731. The number of nitrogens with one attached hydrogen (secondary N) is 1. The van der Waals surface area contributed by atoms with E-state index in [4.69, 9.17) is 4.74 Å². The van der Waals surface area contributed by atoms with E-state index in [0.29, 0.717) is 17.9 Å². The van der Waals surface area contributed by atoms with Crippen molar-refractivity contribution in [2.75, 3.05) is 26.2 Å². The summed E-state index contributed by atoms with van der Waals surface area (Å²) in [7, 11) is 0. The molecular weight excluding hydrogens is 392 g/mol. The highest BCUT2D eigenvalue weighted by Gasteiger charge is 2.21. The van der Waals surface area contributed by atoms with Gasteiger partial charge in [-0.05, 0) is 18.2 Å². The van der Waals surface area contributed by atoms with Crippen molar-refractivity contribution in [1.82, 2.24) is 10.2 Å². The van der Waals surface area contributed by atoms with Crippen LogP contribution in [-0.4, -0.2) is 37.0 Å². The molecule has 2 aromatic rings. The van der Waals surface area contributed by atoms with Gasteiger partial charge >= 0.3 is 0 Å². The number of hydrogen-bond acceptors (Lipinski definition) is 3. The summed E-state index contributed by atoms with van der Waals surface area (Å²) in [5, 5.41) is 3.26. The predicted molar refractivity (Wildman–Crippen MR) is 101 cm³/mol. The SMILES string of the molecule is Cl.O=C(c1ccccc1OCc1ccccc1Br)N1CCNCC1. The van der Waals surface area contributed by atoms with Crippen LogP contribution >= 0.6 is 28.3 Å². The van der Waals surface area contributed by atoms with Gasteiger partial charge in [-0.2, -0.15) is 0 Å². The van der Waals surface area contributed by atoms with Crippen molar-refractivity contribution in [3.05, 3.63) is 64.1 Å². The van der Waals surface area contributed by atoms with Crippen LogP contribution in [0.1, 0.15) is 15.9 Å². The monoisotopic (exact) mass is 410 g/mol. The van der Waals surface area contributed by atoms with Crippen LogP contribution in [0.2, 0.25) is 0 Å². The molecule has 1 heterocycles. The minimum absolute atomic E-state index is 0. The molecule has 1 fully saturated rings. The maximum absolute atomic E-state index is 12.7. The number of halogens is 2. The minimum atomic E-state index is 0. The highest BCUT2D eigenvalue weighted by atomic mass is 79.9. The third kappa shape index (κ3) is 4.50. The van der Waals surface area contributed by atoms with Crippen molar-refractivity contribution in [2.24, 2.45) is 0 Å². The van der Waals surface area contributed by atoms with Crippen LogP contribution in [0.4, 0.5) is 0 Å². The van der Waals surface area contributed by atoms with Crippen LogP contribution in [-0.2, 0) is 6.61 Å². The molecule has 1 N–H and O–H groups in total. The van der Waals surface area contributed by atoms with Gasteiger partial charge in [0.05, 0.1) is 5.56 Å². The highest BCUT2D eigenvalue weighted by molar-refractivity contribution is 9.10. The van der Waals surface area contributed by atoms with Crippen LogP contribution in [0, 0.1) is 0 Å². The van der Waals surface area contributed by atoms with Crippen molar-refractivity contribution in [3.63, 3.8) is 0 Å². The second-order valence-electron chi connectivity index (χ2n) is 5.42. The fourth-order valence-electron chi connectivity index (χ4n) is 2.58. The lowest BCUT2D eigenvalue weighted by Crippen LogP contribution is -2.46. The van der Waals surface area contributed by atoms with E-state index >= 15 is 0 Å². The Balaban J connectivity index is 0.00000208. The first-order valence-electron chi connectivity index (χ1n) is 7.71. The standard InChI is InChI=1S/C18H19BrN2O2.ClH/c19-16-7-3-1-5-14(16)13-23-17-8-4-2-6-15(17)18(22)21-11-9-20-10-12-21;/h1-8,20H,9-13H2;1H. The molecule has 0 aliphatic carbocycles. The number of amides is 1. The second-order valence-corrected chi connectivity index (χ2v) is 6.27. The van der Waals surface area contributed by atoms with Crippen LogP contribution in [0.5, 0.6) is 5.75 Å². The Hall–Kier alpha value is -1.56. The van der Waals surface area contributed by atoms with Gasteiger partial charge in [-0.1, -0.05) is 46.3 Å². The summed E-state index contributed by atoms with van der Waals surface area (Å²) in [4.78, 5) is 14.6. The van der Waals surface area contributed by atoms with Crippen LogP contribution in [0.25, 0.3) is 0 Å². The molecule has 24 heavy (non-hydrogen) atoms. The van der Waals surface area contributed by atoms with Gasteiger partial charge in [0.1, 0.15) is 12.4 Å². The average molecular weight is 412 g/mol. The third-order valence-electron chi connectivity index (χ3n) is 3.86. The summed E-state index contributed by atoms with van der Waals surface area (Å²) in [6, 6.07) is 15.4. The molecule has 128 valence electrons. The summed E-state index contributed by atoms with van der Waals surface area (Å²) in [5.41, 5.74) is 1.68. The van der Waals surface area contributed by atoms with Gasteiger partial charge in [0, 0.05) is 36.2 Å². The van der Waals surface area contributed by atoms with E-state index in [2.05, 4.69) is 21.2 Å². The molecular formula is C18H20BrClN2O2. The van der Waals surface area contributed by atoms with Crippen molar-refractivity contribution in [2.45, 2.75) is 6.61 Å². The van der Waals surface area contributed by atoms with Gasteiger partial charge in [0.15, 0.2) is 0 Å². The topological polar surface area (TPSA) is 41.6 Å². The molecule has 1 saturated heterocycles. The van der Waals surface area contributed by atoms with Crippen molar-refractivity contribution in [1.29, 1.82) is 0 Å². The Bertz CT molecular complexity index is 690. The predicted octanol–water partition coefficient (Wildman–Crippen LogP) is 3.50. The second kappa shape index (κ2) is 9.06. The number of rotatable bonds is 4. The van der Waals surface area contributed by atoms with Gasteiger partial charge in [0.2, 0.25) is 0 Å². The van der Waals surface area contributed by atoms with Gasteiger partial charge < -0.3 is 15.0 Å². The molecule has 0 bridgehead atoms. The number of benzene rings is 2. The van der Waals surface area contributed by atoms with E-state index in [-0.39, 0.29) is 18.3 Å². The molecule has 1 aliphatic rings. The zero-order chi connectivity index (χ0) is 16.1. The quantitative estimate of drug-likeness (QED) is 0.837. The summed E-state index contributed by atoms with van der Waals surface area (Å²) in [6.45, 7) is 3.57. The summed E-state index contributed by atoms with van der Waals surface area (Å²) in [5.74, 6) is 0.668. The maximum atomic E-state index is 12.7. The zero-order valence-corrected chi connectivity index (χ0v) is 15.6. The van der Waals surface area contributed by atoms with E-state index in [1.807, 2.05) is 53.4 Å². The molecule has 6 heteroatoms. The number of para-hydroxylation sites is 1. The zero-order valence-electron chi connectivity index (χ0n) is 13.2. The van der Waals surface area contributed by atoms with Crippen LogP contribution in [0.15, 0.2) is 53.0 Å². The number of piperazine rings is 1. The third-order valence-corrected chi connectivity index (χ3v) is 4.64. The van der Waals surface area contributed by atoms with E-state index < -0.39 is 0 Å². The molecule has 4 nitrogen and oxygen atoms in total. The number of hydrogen-bond donors (Lipinski definition) is 1. The van der Waals surface area contributed by atoms with E-state index in [1.165, 1.54) is 0 Å². The lowest BCUT2D eigenvalue weighted by Gasteiger charge is -2.28. The molecule has 3 rings (SSSR count). The van der Waals surface area contributed by atoms with Crippen LogP contribution in [0.3, 0.4) is 0 Å². The Morgan fingerprint density at radius 1 is 1.08 bits per heavy atom. The average Bonchev–Trinajstić information content (AvgIpc) is 2.61. The fraction of sp³-hybridized carbons (Fsp3) is 0.278. The molecule has 1 amide bonds. The number of nitrogens with zero attached hydrogens (tertiary/aromatic N) is 1. The van der Waals surface area contributed by atoms with E-state index in [0.717, 1.165) is 36.2 Å². The smallest absolute Gasteiger partial charge is 0.257 e. The first kappa shape index (κ1) is 18.8.